The molecule has 5 rings (SSSR count). The first kappa shape index (κ1) is 24.2. The van der Waals surface area contributed by atoms with Crippen molar-refractivity contribution in [2.24, 2.45) is 0 Å². The molecule has 1 aliphatic rings. The van der Waals surface area contributed by atoms with Crippen molar-refractivity contribution in [3.05, 3.63) is 88.4 Å². The second kappa shape index (κ2) is 9.50. The number of carbonyl (C=O) groups excluding carboxylic acids is 1. The molecule has 0 radical (unpaired) electrons. The Morgan fingerprint density at radius 2 is 1.68 bits per heavy atom. The number of furan rings is 1. The Hall–Kier alpha value is -4.52. The highest BCUT2D eigenvalue weighted by atomic mass is 32.2. The minimum absolute atomic E-state index is 0.0156. The number of hydrogen-bond donors (Lipinski definition) is 0. The van der Waals surface area contributed by atoms with E-state index in [4.69, 9.17) is 8.83 Å². The molecule has 190 valence electrons. The zero-order valence-electron chi connectivity index (χ0n) is 19.1. The van der Waals surface area contributed by atoms with E-state index < -0.39 is 20.6 Å². The van der Waals surface area contributed by atoms with Gasteiger partial charge < -0.3 is 18.6 Å². The van der Waals surface area contributed by atoms with Gasteiger partial charge in [0.15, 0.2) is 5.76 Å². The van der Waals surface area contributed by atoms with Crippen molar-refractivity contribution in [2.45, 2.75) is 9.92 Å². The summed E-state index contributed by atoms with van der Waals surface area (Å²) in [6.07, 6.45) is 1.40. The number of aromatic nitrogens is 1. The molecule has 1 fully saturated rings. The Morgan fingerprint density at radius 3 is 2.27 bits per heavy atom. The van der Waals surface area contributed by atoms with Crippen molar-refractivity contribution >= 4 is 27.3 Å². The molecule has 13 heteroatoms. The number of halogens is 1. The Labute approximate surface area is 209 Å². The van der Waals surface area contributed by atoms with Crippen LogP contribution in [-0.2, 0) is 9.84 Å². The number of carbonyl (C=O) groups is 1. The normalized spacial score (nSPS) is 14.1. The molecule has 11 nitrogen and oxygen atoms in total. The maximum atomic E-state index is 13.4. The van der Waals surface area contributed by atoms with E-state index in [0.717, 1.165) is 24.3 Å². The molecule has 3 heterocycles. The van der Waals surface area contributed by atoms with Crippen LogP contribution in [-0.4, -0.2) is 55.3 Å². The molecule has 1 saturated heterocycles. The fourth-order valence-electron chi connectivity index (χ4n) is 3.92. The second-order valence-electron chi connectivity index (χ2n) is 8.15. The number of hydrogen-bond acceptors (Lipinski definition) is 9. The molecule has 2 aromatic heterocycles. The van der Waals surface area contributed by atoms with Gasteiger partial charge in [0.05, 0.1) is 16.1 Å². The van der Waals surface area contributed by atoms with Crippen molar-refractivity contribution in [1.82, 2.24) is 9.88 Å². The zero-order chi connectivity index (χ0) is 26.2. The van der Waals surface area contributed by atoms with Crippen LogP contribution >= 0.6 is 0 Å². The predicted octanol–water partition coefficient (Wildman–Crippen LogP) is 3.78. The van der Waals surface area contributed by atoms with Crippen LogP contribution in [0.15, 0.2) is 85.7 Å². The molecule has 0 spiro atoms. The molecule has 1 amide bonds. The van der Waals surface area contributed by atoms with E-state index in [-0.39, 0.29) is 65.2 Å². The van der Waals surface area contributed by atoms with Gasteiger partial charge in [0, 0.05) is 43.9 Å². The van der Waals surface area contributed by atoms with Gasteiger partial charge in [0.2, 0.25) is 20.7 Å². The van der Waals surface area contributed by atoms with Crippen molar-refractivity contribution in [1.29, 1.82) is 0 Å². The average Bonchev–Trinajstić information content (AvgIpc) is 3.60. The minimum Gasteiger partial charge on any atom is -0.459 e. The van der Waals surface area contributed by atoms with Crippen LogP contribution in [0.3, 0.4) is 0 Å². The molecular weight excluding hydrogens is 507 g/mol. The number of benzene rings is 2. The van der Waals surface area contributed by atoms with Crippen molar-refractivity contribution in [3.8, 4) is 11.7 Å². The summed E-state index contributed by atoms with van der Waals surface area (Å²) in [6.45, 7) is 0.945. The summed E-state index contributed by atoms with van der Waals surface area (Å²) >= 11 is 0. The van der Waals surface area contributed by atoms with Crippen molar-refractivity contribution < 1.29 is 31.4 Å². The third-order valence-corrected chi connectivity index (χ3v) is 7.54. The third kappa shape index (κ3) is 4.68. The lowest BCUT2D eigenvalue weighted by atomic mass is 10.1. The van der Waals surface area contributed by atoms with Crippen molar-refractivity contribution in [2.75, 3.05) is 31.1 Å². The lowest BCUT2D eigenvalue weighted by molar-refractivity contribution is -0.384. The Kier molecular flexibility index (Phi) is 6.21. The van der Waals surface area contributed by atoms with Crippen LogP contribution in [0.5, 0.6) is 0 Å². The average molecular weight is 527 g/mol. The first-order chi connectivity index (χ1) is 17.7. The number of amides is 1. The Morgan fingerprint density at radius 1 is 1.00 bits per heavy atom. The fraction of sp³-hybridized carbons (Fsp3) is 0.167. The van der Waals surface area contributed by atoms with E-state index in [1.807, 2.05) is 0 Å². The summed E-state index contributed by atoms with van der Waals surface area (Å²) in [5.74, 6) is -0.705. The van der Waals surface area contributed by atoms with Gasteiger partial charge in [0.25, 0.3) is 17.5 Å². The minimum atomic E-state index is -4.18. The number of anilines is 1. The summed E-state index contributed by atoms with van der Waals surface area (Å²) in [5.41, 5.74) is 0.187. The molecule has 2 aromatic carbocycles. The molecule has 0 aliphatic carbocycles. The summed E-state index contributed by atoms with van der Waals surface area (Å²) in [6, 6.07) is 12.9. The van der Waals surface area contributed by atoms with Crippen LogP contribution in [0.25, 0.3) is 11.7 Å². The monoisotopic (exact) mass is 526 g/mol. The molecule has 1 aliphatic heterocycles. The quantitative estimate of drug-likeness (QED) is 0.209. The SMILES string of the molecule is O=C(c1ccc([N+](=O)[O-])cc1)N1CCN(c2oc(-c3ccco3)nc2S(=O)(=O)c2ccc(F)cc2)CC1. The van der Waals surface area contributed by atoms with Crippen LogP contribution in [0.1, 0.15) is 10.4 Å². The van der Waals surface area contributed by atoms with Crippen LogP contribution in [0.2, 0.25) is 0 Å². The highest BCUT2D eigenvalue weighted by molar-refractivity contribution is 7.91. The second-order valence-corrected chi connectivity index (χ2v) is 10.0. The zero-order valence-corrected chi connectivity index (χ0v) is 19.9. The first-order valence-electron chi connectivity index (χ1n) is 11.1. The lowest BCUT2D eigenvalue weighted by Gasteiger charge is -2.34. The Bertz CT molecular complexity index is 1540. The number of non-ortho nitro benzene ring substituents is 1. The van der Waals surface area contributed by atoms with Crippen molar-refractivity contribution in [3.63, 3.8) is 0 Å². The van der Waals surface area contributed by atoms with Crippen LogP contribution in [0, 0.1) is 15.9 Å². The summed E-state index contributed by atoms with van der Waals surface area (Å²) in [5, 5.41) is 10.5. The van der Waals surface area contributed by atoms with Crippen LogP contribution < -0.4 is 4.90 Å². The highest BCUT2D eigenvalue weighted by Crippen LogP contribution is 2.35. The number of sulfone groups is 1. The van der Waals surface area contributed by atoms with E-state index in [1.54, 1.807) is 21.9 Å². The fourth-order valence-corrected chi connectivity index (χ4v) is 5.25. The predicted molar refractivity (Wildman–Crippen MR) is 127 cm³/mol. The summed E-state index contributed by atoms with van der Waals surface area (Å²) in [4.78, 5) is 30.5. The highest BCUT2D eigenvalue weighted by Gasteiger charge is 2.34. The van der Waals surface area contributed by atoms with E-state index >= 15 is 0 Å². The number of rotatable bonds is 6. The van der Waals surface area contributed by atoms with Gasteiger partial charge in [-0.15, -0.1) is 0 Å². The molecular formula is C24H19FN4O7S. The van der Waals surface area contributed by atoms with E-state index in [2.05, 4.69) is 4.98 Å². The molecule has 0 bridgehead atoms. The maximum absolute atomic E-state index is 13.4. The van der Waals surface area contributed by atoms with E-state index in [1.165, 1.54) is 30.5 Å². The molecule has 4 aromatic rings. The molecule has 0 N–H and O–H groups in total. The number of nitro groups is 1. The van der Waals surface area contributed by atoms with Gasteiger partial charge in [-0.3, -0.25) is 14.9 Å². The standard InChI is InChI=1S/C24H19FN4O7S/c25-17-5-9-19(10-6-17)37(33,34)22-24(36-21(26-22)20-2-1-15-35-20)28-13-11-27(12-14-28)23(30)16-3-7-18(8-4-16)29(31)32/h1-10,15H,11-14H2. The maximum Gasteiger partial charge on any atom is 0.269 e. The summed E-state index contributed by atoms with van der Waals surface area (Å²) < 4.78 is 51.4. The molecule has 37 heavy (non-hydrogen) atoms. The molecule has 0 saturated carbocycles. The lowest BCUT2D eigenvalue weighted by Crippen LogP contribution is -2.49. The Balaban J connectivity index is 1.41. The summed E-state index contributed by atoms with van der Waals surface area (Å²) in [7, 11) is -4.18. The van der Waals surface area contributed by atoms with Gasteiger partial charge in [-0.1, -0.05) is 0 Å². The van der Waals surface area contributed by atoms with Crippen LogP contribution in [0.4, 0.5) is 16.0 Å². The van der Waals surface area contributed by atoms with E-state index in [0.29, 0.717) is 5.56 Å². The van der Waals surface area contributed by atoms with Gasteiger partial charge in [-0.05, 0) is 48.5 Å². The number of nitrogens with zero attached hydrogens (tertiary/aromatic N) is 4. The topological polar surface area (TPSA) is 140 Å². The molecule has 0 atom stereocenters. The van der Waals surface area contributed by atoms with E-state index in [9.17, 15) is 27.7 Å². The van der Waals surface area contributed by atoms with Gasteiger partial charge in [-0.25, -0.2) is 12.8 Å². The number of oxazole rings is 1. The number of piperazine rings is 1. The number of nitro benzene ring substituents is 1. The molecule has 0 unspecified atom stereocenters. The van der Waals surface area contributed by atoms with Gasteiger partial charge in [-0.2, -0.15) is 4.98 Å². The smallest absolute Gasteiger partial charge is 0.269 e. The largest absolute Gasteiger partial charge is 0.459 e. The third-order valence-electron chi connectivity index (χ3n) is 5.87. The van der Waals surface area contributed by atoms with Gasteiger partial charge >= 0.3 is 0 Å². The van der Waals surface area contributed by atoms with Gasteiger partial charge in [0.1, 0.15) is 5.82 Å². The first-order valence-corrected chi connectivity index (χ1v) is 12.6.